The molecule has 24 heavy (non-hydrogen) atoms. The van der Waals surface area contributed by atoms with Crippen molar-refractivity contribution >= 4 is 29.9 Å². The lowest BCUT2D eigenvalue weighted by Crippen LogP contribution is -2.48. The molecular weight excluding hydrogens is 413 g/mol. The summed E-state index contributed by atoms with van der Waals surface area (Å²) in [5.41, 5.74) is 1.15. The molecule has 2 N–H and O–H groups in total. The maximum atomic E-state index is 4.41. The fourth-order valence-electron chi connectivity index (χ4n) is 2.78. The van der Waals surface area contributed by atoms with Gasteiger partial charge < -0.3 is 10.6 Å². The Balaban J connectivity index is 0.00000288. The van der Waals surface area contributed by atoms with E-state index in [1.54, 1.807) is 0 Å². The van der Waals surface area contributed by atoms with E-state index in [9.17, 15) is 0 Å². The topological polar surface area (TPSA) is 52.6 Å². The number of likely N-dealkylation sites (tertiary alicyclic amines) is 1. The van der Waals surface area contributed by atoms with Crippen molar-refractivity contribution in [2.24, 2.45) is 4.99 Å². The summed E-state index contributed by atoms with van der Waals surface area (Å²) in [4.78, 5) is 11.2. The molecule has 0 spiro atoms. The molecule has 2 heterocycles. The smallest absolute Gasteiger partial charge is 0.191 e. The highest BCUT2D eigenvalue weighted by atomic mass is 127. The number of nitrogens with zero attached hydrogens (tertiary/aromatic N) is 3. The van der Waals surface area contributed by atoms with Gasteiger partial charge in [-0.2, -0.15) is 0 Å². The zero-order valence-corrected chi connectivity index (χ0v) is 17.1. The minimum Gasteiger partial charge on any atom is -0.356 e. The molecule has 1 aliphatic heterocycles. The lowest BCUT2D eigenvalue weighted by Gasteiger charge is -2.32. The highest BCUT2D eigenvalue weighted by Gasteiger charge is 2.20. The average molecular weight is 443 g/mol. The van der Waals surface area contributed by atoms with Crippen molar-refractivity contribution in [3.63, 3.8) is 0 Å². The van der Waals surface area contributed by atoms with Crippen molar-refractivity contribution in [2.75, 3.05) is 26.7 Å². The first kappa shape index (κ1) is 20.9. The first-order valence-electron chi connectivity index (χ1n) is 8.52. The van der Waals surface area contributed by atoms with Crippen LogP contribution in [-0.2, 0) is 6.54 Å². The SMILES string of the molecule is C/C=C/CCNC(=NC)NC1CCN(Cc2ccccn2)CC1.I. The number of hydrogen-bond acceptors (Lipinski definition) is 3. The molecule has 1 aromatic heterocycles. The third-order valence-corrected chi connectivity index (χ3v) is 4.10. The zero-order valence-electron chi connectivity index (χ0n) is 14.7. The molecule has 6 heteroatoms. The largest absolute Gasteiger partial charge is 0.356 e. The Morgan fingerprint density at radius 3 is 2.79 bits per heavy atom. The van der Waals surface area contributed by atoms with Crippen molar-refractivity contribution in [1.82, 2.24) is 20.5 Å². The molecule has 1 aliphatic rings. The molecule has 0 aromatic carbocycles. The molecular formula is C18H30IN5. The number of guanidine groups is 1. The van der Waals surface area contributed by atoms with Crippen LogP contribution in [0.25, 0.3) is 0 Å². The molecule has 0 radical (unpaired) electrons. The summed E-state index contributed by atoms with van der Waals surface area (Å²) < 4.78 is 0. The van der Waals surface area contributed by atoms with Gasteiger partial charge in [-0.05, 0) is 38.3 Å². The molecule has 5 nitrogen and oxygen atoms in total. The van der Waals surface area contributed by atoms with Crippen molar-refractivity contribution in [2.45, 2.75) is 38.8 Å². The van der Waals surface area contributed by atoms with Gasteiger partial charge in [-0.3, -0.25) is 14.9 Å². The van der Waals surface area contributed by atoms with Crippen LogP contribution < -0.4 is 10.6 Å². The summed E-state index contributed by atoms with van der Waals surface area (Å²) in [5, 5.41) is 6.91. The Bertz CT molecular complexity index is 495. The van der Waals surface area contributed by atoms with Gasteiger partial charge in [0.05, 0.1) is 5.69 Å². The number of rotatable bonds is 6. The number of hydrogen-bond donors (Lipinski definition) is 2. The normalized spacial score (nSPS) is 16.8. The van der Waals surface area contributed by atoms with E-state index in [2.05, 4.69) is 49.8 Å². The van der Waals surface area contributed by atoms with Crippen LogP contribution in [0, 0.1) is 0 Å². The number of allylic oxidation sites excluding steroid dienone is 1. The summed E-state index contributed by atoms with van der Waals surface area (Å²) in [6.45, 7) is 6.12. The quantitative estimate of drug-likeness (QED) is 0.234. The fourth-order valence-corrected chi connectivity index (χ4v) is 2.78. The van der Waals surface area contributed by atoms with Crippen LogP contribution >= 0.6 is 24.0 Å². The van der Waals surface area contributed by atoms with Crippen LogP contribution in [0.4, 0.5) is 0 Å². The van der Waals surface area contributed by atoms with E-state index >= 15 is 0 Å². The molecule has 0 amide bonds. The van der Waals surface area contributed by atoms with Crippen molar-refractivity contribution < 1.29 is 0 Å². The summed E-state index contributed by atoms with van der Waals surface area (Å²) in [7, 11) is 1.83. The Morgan fingerprint density at radius 2 is 2.17 bits per heavy atom. The lowest BCUT2D eigenvalue weighted by atomic mass is 10.0. The Hall–Kier alpha value is -1.15. The van der Waals surface area contributed by atoms with Crippen LogP contribution in [0.3, 0.4) is 0 Å². The molecule has 0 unspecified atom stereocenters. The van der Waals surface area contributed by atoms with E-state index in [0.29, 0.717) is 6.04 Å². The van der Waals surface area contributed by atoms with Crippen molar-refractivity contribution in [3.8, 4) is 0 Å². The maximum absolute atomic E-state index is 4.41. The van der Waals surface area contributed by atoms with Crippen LogP contribution in [0.5, 0.6) is 0 Å². The summed E-state index contributed by atoms with van der Waals surface area (Å²) >= 11 is 0. The molecule has 1 saturated heterocycles. The van der Waals surface area contributed by atoms with E-state index in [-0.39, 0.29) is 24.0 Å². The van der Waals surface area contributed by atoms with E-state index in [4.69, 9.17) is 0 Å². The highest BCUT2D eigenvalue weighted by molar-refractivity contribution is 14.0. The number of halogens is 1. The average Bonchev–Trinajstić information content (AvgIpc) is 2.60. The van der Waals surface area contributed by atoms with Crippen LogP contribution in [-0.4, -0.2) is 48.6 Å². The first-order valence-corrected chi connectivity index (χ1v) is 8.52. The van der Waals surface area contributed by atoms with Gasteiger partial charge in [-0.15, -0.1) is 24.0 Å². The molecule has 1 fully saturated rings. The van der Waals surface area contributed by atoms with Gasteiger partial charge >= 0.3 is 0 Å². The van der Waals surface area contributed by atoms with Gasteiger partial charge in [0.1, 0.15) is 0 Å². The molecule has 1 aromatic rings. The van der Waals surface area contributed by atoms with Crippen LogP contribution in [0.1, 0.15) is 31.9 Å². The van der Waals surface area contributed by atoms with Crippen LogP contribution in [0.2, 0.25) is 0 Å². The fraction of sp³-hybridized carbons (Fsp3) is 0.556. The third-order valence-electron chi connectivity index (χ3n) is 4.10. The molecule has 0 atom stereocenters. The monoisotopic (exact) mass is 443 g/mol. The predicted molar refractivity (Wildman–Crippen MR) is 112 cm³/mol. The van der Waals surface area contributed by atoms with Crippen molar-refractivity contribution in [1.29, 1.82) is 0 Å². The highest BCUT2D eigenvalue weighted by Crippen LogP contribution is 2.12. The van der Waals surface area contributed by atoms with Gasteiger partial charge in [0.2, 0.25) is 0 Å². The standard InChI is InChI=1S/C18H29N5.HI/c1-3-4-6-12-21-18(19-2)22-16-9-13-23(14-10-16)15-17-8-5-7-11-20-17;/h3-5,7-8,11,16H,6,9-10,12-15H2,1-2H3,(H2,19,21,22);1H/b4-3+;. The second kappa shape index (κ2) is 12.2. The minimum atomic E-state index is 0. The molecule has 0 saturated carbocycles. The number of nitrogens with one attached hydrogen (secondary N) is 2. The predicted octanol–water partition coefficient (Wildman–Crippen LogP) is 2.80. The lowest BCUT2D eigenvalue weighted by molar-refractivity contribution is 0.196. The van der Waals surface area contributed by atoms with E-state index in [1.165, 1.54) is 0 Å². The van der Waals surface area contributed by atoms with E-state index < -0.39 is 0 Å². The van der Waals surface area contributed by atoms with E-state index in [0.717, 1.165) is 57.1 Å². The molecule has 0 aliphatic carbocycles. The summed E-state index contributed by atoms with van der Waals surface area (Å²) in [6.07, 6.45) is 9.42. The van der Waals surface area contributed by atoms with E-state index in [1.807, 2.05) is 26.2 Å². The van der Waals surface area contributed by atoms with Gasteiger partial charge in [-0.1, -0.05) is 18.2 Å². The van der Waals surface area contributed by atoms with Crippen molar-refractivity contribution in [3.05, 3.63) is 42.2 Å². The molecule has 134 valence electrons. The van der Waals surface area contributed by atoms with Gasteiger partial charge in [0.25, 0.3) is 0 Å². The van der Waals surface area contributed by atoms with Gasteiger partial charge in [-0.25, -0.2) is 0 Å². The number of aliphatic imine (C=N–C) groups is 1. The summed E-state index contributed by atoms with van der Waals surface area (Å²) in [6, 6.07) is 6.62. The number of pyridine rings is 1. The zero-order chi connectivity index (χ0) is 16.3. The second-order valence-corrected chi connectivity index (χ2v) is 5.87. The Morgan fingerprint density at radius 1 is 1.38 bits per heavy atom. The third kappa shape index (κ3) is 7.61. The number of piperidine rings is 1. The number of aromatic nitrogens is 1. The Labute approximate surface area is 163 Å². The second-order valence-electron chi connectivity index (χ2n) is 5.87. The molecule has 0 bridgehead atoms. The maximum Gasteiger partial charge on any atom is 0.191 e. The summed E-state index contributed by atoms with van der Waals surface area (Å²) in [5.74, 6) is 0.915. The molecule has 2 rings (SSSR count). The Kier molecular flexibility index (Phi) is 10.7. The van der Waals surface area contributed by atoms with Gasteiger partial charge in [0.15, 0.2) is 5.96 Å². The van der Waals surface area contributed by atoms with Crippen LogP contribution in [0.15, 0.2) is 41.5 Å². The van der Waals surface area contributed by atoms with Gasteiger partial charge in [0, 0.05) is 45.5 Å². The first-order chi connectivity index (χ1) is 11.3. The minimum absolute atomic E-state index is 0.